The summed E-state index contributed by atoms with van der Waals surface area (Å²) in [5.41, 5.74) is 2.67. The van der Waals surface area contributed by atoms with Gasteiger partial charge in [-0.1, -0.05) is 24.3 Å². The maximum Gasteiger partial charge on any atom is 0.259 e. The van der Waals surface area contributed by atoms with Crippen LogP contribution in [-0.2, 0) is 16.6 Å². The van der Waals surface area contributed by atoms with Crippen molar-refractivity contribution in [3.8, 4) is 5.82 Å². The molecule has 6 nitrogen and oxygen atoms in total. The quantitative estimate of drug-likeness (QED) is 0.764. The van der Waals surface area contributed by atoms with Crippen molar-refractivity contribution in [1.29, 1.82) is 0 Å². The Bertz CT molecular complexity index is 922. The lowest BCUT2D eigenvalue weighted by Gasteiger charge is -2.10. The summed E-state index contributed by atoms with van der Waals surface area (Å²) < 4.78 is 13.1. The number of carbonyl (C=O) groups is 1. The molecule has 0 saturated carbocycles. The molecule has 0 aliphatic carbocycles. The van der Waals surface area contributed by atoms with Gasteiger partial charge in [0.1, 0.15) is 0 Å². The number of anilines is 1. The summed E-state index contributed by atoms with van der Waals surface area (Å²) >= 11 is 0. The van der Waals surface area contributed by atoms with Crippen molar-refractivity contribution in [3.63, 3.8) is 0 Å². The van der Waals surface area contributed by atoms with Crippen LogP contribution >= 0.6 is 0 Å². The number of hydrogen-bond acceptors (Lipinski definition) is 4. The van der Waals surface area contributed by atoms with Gasteiger partial charge in [-0.05, 0) is 30.7 Å². The highest BCUT2D eigenvalue weighted by atomic mass is 32.2. The van der Waals surface area contributed by atoms with Gasteiger partial charge in [0.05, 0.1) is 23.2 Å². The minimum absolute atomic E-state index is 0.256. The molecular weight excluding hydrogens is 336 g/mol. The fourth-order valence-electron chi connectivity index (χ4n) is 2.52. The Kier molecular flexibility index (Phi) is 5.04. The Morgan fingerprint density at radius 3 is 2.68 bits per heavy atom. The average Bonchev–Trinajstić information content (AvgIpc) is 2.98. The van der Waals surface area contributed by atoms with Crippen LogP contribution in [0.5, 0.6) is 0 Å². The van der Waals surface area contributed by atoms with Gasteiger partial charge in [-0.3, -0.25) is 9.00 Å². The van der Waals surface area contributed by atoms with E-state index >= 15 is 0 Å². The van der Waals surface area contributed by atoms with Crippen molar-refractivity contribution >= 4 is 22.4 Å². The molecule has 0 bridgehead atoms. The van der Waals surface area contributed by atoms with Gasteiger partial charge in [-0.15, -0.1) is 0 Å². The van der Waals surface area contributed by atoms with E-state index in [1.165, 1.54) is 6.20 Å². The maximum atomic E-state index is 12.7. The zero-order valence-electron chi connectivity index (χ0n) is 14.0. The Morgan fingerprint density at radius 1 is 1.20 bits per heavy atom. The highest BCUT2D eigenvalue weighted by Gasteiger charge is 2.17. The highest BCUT2D eigenvalue weighted by molar-refractivity contribution is 7.83. The van der Waals surface area contributed by atoms with E-state index in [0.717, 1.165) is 5.56 Å². The number of aromatic nitrogens is 3. The second-order valence-corrected chi connectivity index (χ2v) is 7.01. The zero-order valence-corrected chi connectivity index (χ0v) is 14.8. The van der Waals surface area contributed by atoms with Crippen LogP contribution in [0, 0.1) is 6.92 Å². The monoisotopic (exact) mass is 354 g/mol. The molecule has 2 heterocycles. The third kappa shape index (κ3) is 3.83. The molecule has 1 N–H and O–H groups in total. The number of nitrogens with zero attached hydrogens (tertiary/aromatic N) is 3. The van der Waals surface area contributed by atoms with Crippen LogP contribution in [0.1, 0.15) is 21.6 Å². The van der Waals surface area contributed by atoms with Gasteiger partial charge in [0, 0.05) is 28.9 Å². The molecular formula is C18H18N4O2S. The van der Waals surface area contributed by atoms with Crippen molar-refractivity contribution in [1.82, 2.24) is 14.8 Å². The van der Waals surface area contributed by atoms with Crippen molar-refractivity contribution in [2.24, 2.45) is 0 Å². The van der Waals surface area contributed by atoms with Gasteiger partial charge in [-0.2, -0.15) is 5.10 Å². The second-order valence-electron chi connectivity index (χ2n) is 5.57. The first-order valence-corrected chi connectivity index (χ1v) is 9.44. The zero-order chi connectivity index (χ0) is 17.8. The predicted molar refractivity (Wildman–Crippen MR) is 98.3 cm³/mol. The van der Waals surface area contributed by atoms with Crippen LogP contribution in [-0.4, -0.2) is 31.1 Å². The van der Waals surface area contributed by atoms with Gasteiger partial charge in [0.25, 0.3) is 5.91 Å². The molecule has 2 aromatic heterocycles. The molecule has 0 fully saturated rings. The topological polar surface area (TPSA) is 76.9 Å². The highest BCUT2D eigenvalue weighted by Crippen LogP contribution is 2.19. The number of pyridine rings is 1. The van der Waals surface area contributed by atoms with Crippen LogP contribution in [0.3, 0.4) is 0 Å². The van der Waals surface area contributed by atoms with Crippen molar-refractivity contribution in [3.05, 3.63) is 71.7 Å². The minimum Gasteiger partial charge on any atom is -0.322 e. The summed E-state index contributed by atoms with van der Waals surface area (Å²) in [5, 5.41) is 7.15. The Labute approximate surface area is 148 Å². The molecule has 0 radical (unpaired) electrons. The number of rotatable bonds is 5. The molecule has 1 aromatic carbocycles. The van der Waals surface area contributed by atoms with Gasteiger partial charge < -0.3 is 5.32 Å². The lowest BCUT2D eigenvalue weighted by atomic mass is 10.2. The van der Waals surface area contributed by atoms with E-state index in [9.17, 15) is 9.00 Å². The van der Waals surface area contributed by atoms with E-state index in [0.29, 0.717) is 28.5 Å². The van der Waals surface area contributed by atoms with Crippen LogP contribution in [0.25, 0.3) is 5.82 Å². The summed E-state index contributed by atoms with van der Waals surface area (Å²) in [6.07, 6.45) is 4.84. The second kappa shape index (κ2) is 7.40. The van der Waals surface area contributed by atoms with Crippen molar-refractivity contribution in [2.75, 3.05) is 11.6 Å². The molecule has 0 saturated heterocycles. The third-order valence-corrected chi connectivity index (χ3v) is 4.46. The smallest absolute Gasteiger partial charge is 0.259 e. The van der Waals surface area contributed by atoms with Crippen LogP contribution in [0.2, 0.25) is 0 Å². The van der Waals surface area contributed by atoms with Gasteiger partial charge in [0.2, 0.25) is 0 Å². The summed E-state index contributed by atoms with van der Waals surface area (Å²) in [6.45, 7) is 1.82. The van der Waals surface area contributed by atoms with Gasteiger partial charge >= 0.3 is 0 Å². The summed E-state index contributed by atoms with van der Waals surface area (Å²) in [7, 11) is -0.987. The predicted octanol–water partition coefficient (Wildman–Crippen LogP) is 2.71. The molecule has 128 valence electrons. The lowest BCUT2D eigenvalue weighted by molar-refractivity contribution is 0.102. The van der Waals surface area contributed by atoms with Gasteiger partial charge in [0.15, 0.2) is 5.82 Å². The Morgan fingerprint density at radius 2 is 1.96 bits per heavy atom. The summed E-state index contributed by atoms with van der Waals surface area (Å²) in [5.74, 6) is 0.790. The van der Waals surface area contributed by atoms with Crippen LogP contribution in [0.4, 0.5) is 5.69 Å². The van der Waals surface area contributed by atoms with E-state index in [-0.39, 0.29) is 5.91 Å². The van der Waals surface area contributed by atoms with E-state index < -0.39 is 10.8 Å². The first kappa shape index (κ1) is 17.0. The van der Waals surface area contributed by atoms with Gasteiger partial charge in [-0.25, -0.2) is 9.67 Å². The molecule has 0 spiro atoms. The number of carbonyl (C=O) groups excluding carboxylic acids is 1. The summed E-state index contributed by atoms with van der Waals surface area (Å²) in [6, 6.07) is 12.9. The number of amides is 1. The third-order valence-electron chi connectivity index (χ3n) is 3.75. The van der Waals surface area contributed by atoms with E-state index in [4.69, 9.17) is 0 Å². The van der Waals surface area contributed by atoms with Crippen molar-refractivity contribution in [2.45, 2.75) is 12.7 Å². The Hall–Kier alpha value is -2.80. The summed E-state index contributed by atoms with van der Waals surface area (Å²) in [4.78, 5) is 16.9. The molecule has 25 heavy (non-hydrogen) atoms. The Balaban J connectivity index is 1.86. The average molecular weight is 354 g/mol. The number of para-hydroxylation sites is 1. The first-order valence-electron chi connectivity index (χ1n) is 7.71. The molecule has 7 heteroatoms. The molecule has 0 aliphatic rings. The number of nitrogens with one attached hydrogen (secondary N) is 1. The SMILES string of the molecule is Cc1c(C(=O)Nc2ccccc2CS(C)=O)cnn1-c1ccccn1. The lowest BCUT2D eigenvalue weighted by Crippen LogP contribution is -2.15. The molecule has 1 unspecified atom stereocenters. The van der Waals surface area contributed by atoms with Crippen molar-refractivity contribution < 1.29 is 9.00 Å². The first-order chi connectivity index (χ1) is 12.1. The molecule has 3 rings (SSSR count). The van der Waals surface area contributed by atoms with E-state index in [1.54, 1.807) is 23.2 Å². The molecule has 0 aliphatic heterocycles. The fraction of sp³-hybridized carbons (Fsp3) is 0.167. The molecule has 3 aromatic rings. The van der Waals surface area contributed by atoms with Crippen LogP contribution < -0.4 is 5.32 Å². The number of hydrogen-bond donors (Lipinski definition) is 1. The largest absolute Gasteiger partial charge is 0.322 e. The minimum atomic E-state index is -0.987. The molecule has 1 amide bonds. The fourth-order valence-corrected chi connectivity index (χ4v) is 3.21. The molecule has 1 atom stereocenters. The maximum absolute atomic E-state index is 12.7. The van der Waals surface area contributed by atoms with E-state index in [1.807, 2.05) is 43.3 Å². The normalized spacial score (nSPS) is 11.9. The van der Waals surface area contributed by atoms with Crippen LogP contribution in [0.15, 0.2) is 54.9 Å². The van der Waals surface area contributed by atoms with E-state index in [2.05, 4.69) is 15.4 Å². The standard InChI is InChI=1S/C18H18N4O2S/c1-13-15(11-20-22(13)17-9-5-6-10-19-17)18(23)21-16-8-4-3-7-14(16)12-25(2)24/h3-11H,12H2,1-2H3,(H,21,23). The number of benzene rings is 1.